The van der Waals surface area contributed by atoms with Gasteiger partial charge in [0.1, 0.15) is 0 Å². The Bertz CT molecular complexity index is 418. The van der Waals surface area contributed by atoms with E-state index in [0.29, 0.717) is 5.56 Å². The molecular weight excluding hydrogens is 222 g/mol. The van der Waals surface area contributed by atoms with E-state index in [2.05, 4.69) is 10.3 Å². The van der Waals surface area contributed by atoms with Crippen LogP contribution in [0, 0.1) is 0 Å². The standard InChI is InChI=1S/C11H15N3O3/c1-14(2)9-3-5-12-7-8(9)11(17)13-6-4-10(15)16/h3,5,7H,4,6H2,1-2H3,(H,13,17)(H,15,16). The van der Waals surface area contributed by atoms with Gasteiger partial charge in [0.05, 0.1) is 17.7 Å². The lowest BCUT2D eigenvalue weighted by Gasteiger charge is -2.16. The molecular formula is C11H15N3O3. The first kappa shape index (κ1) is 13.0. The molecule has 1 amide bonds. The van der Waals surface area contributed by atoms with E-state index in [1.54, 1.807) is 17.2 Å². The lowest BCUT2D eigenvalue weighted by atomic mass is 10.2. The Morgan fingerprint density at radius 1 is 1.47 bits per heavy atom. The summed E-state index contributed by atoms with van der Waals surface area (Å²) >= 11 is 0. The Morgan fingerprint density at radius 3 is 2.76 bits per heavy atom. The minimum atomic E-state index is -0.940. The van der Waals surface area contributed by atoms with Crippen molar-refractivity contribution in [1.82, 2.24) is 10.3 Å². The zero-order valence-electron chi connectivity index (χ0n) is 9.80. The first-order valence-corrected chi connectivity index (χ1v) is 5.13. The van der Waals surface area contributed by atoms with Crippen LogP contribution in [-0.2, 0) is 4.79 Å². The van der Waals surface area contributed by atoms with Crippen molar-refractivity contribution >= 4 is 17.6 Å². The van der Waals surface area contributed by atoms with Crippen LogP contribution in [0.3, 0.4) is 0 Å². The molecule has 0 fully saturated rings. The largest absolute Gasteiger partial charge is 0.481 e. The third-order valence-electron chi connectivity index (χ3n) is 2.15. The van der Waals surface area contributed by atoms with Crippen LogP contribution in [0.1, 0.15) is 16.8 Å². The molecule has 0 aliphatic heterocycles. The maximum absolute atomic E-state index is 11.8. The summed E-state index contributed by atoms with van der Waals surface area (Å²) in [5.41, 5.74) is 1.18. The number of aliphatic carboxylic acids is 1. The Kier molecular flexibility index (Phi) is 4.45. The fourth-order valence-corrected chi connectivity index (χ4v) is 1.33. The van der Waals surface area contributed by atoms with E-state index < -0.39 is 5.97 Å². The highest BCUT2D eigenvalue weighted by atomic mass is 16.4. The van der Waals surface area contributed by atoms with Crippen LogP contribution in [0.2, 0.25) is 0 Å². The van der Waals surface area contributed by atoms with Gasteiger partial charge in [-0.25, -0.2) is 0 Å². The maximum atomic E-state index is 11.8. The summed E-state index contributed by atoms with van der Waals surface area (Å²) in [6.45, 7) is 0.107. The van der Waals surface area contributed by atoms with Crippen LogP contribution in [-0.4, -0.2) is 42.6 Å². The average molecular weight is 237 g/mol. The molecule has 1 rings (SSSR count). The molecule has 17 heavy (non-hydrogen) atoms. The average Bonchev–Trinajstić information content (AvgIpc) is 2.28. The van der Waals surface area contributed by atoms with Crippen molar-refractivity contribution in [3.05, 3.63) is 24.0 Å². The van der Waals surface area contributed by atoms with Crippen molar-refractivity contribution in [3.63, 3.8) is 0 Å². The van der Waals surface area contributed by atoms with Gasteiger partial charge >= 0.3 is 5.97 Å². The normalized spacial score (nSPS) is 9.76. The second-order valence-electron chi connectivity index (χ2n) is 3.69. The third kappa shape index (κ3) is 3.75. The molecule has 1 aromatic rings. The van der Waals surface area contributed by atoms with Crippen molar-refractivity contribution in [3.8, 4) is 0 Å². The van der Waals surface area contributed by atoms with Crippen molar-refractivity contribution in [1.29, 1.82) is 0 Å². The molecule has 0 bridgehead atoms. The topological polar surface area (TPSA) is 82.5 Å². The minimum Gasteiger partial charge on any atom is -0.481 e. The second-order valence-corrected chi connectivity index (χ2v) is 3.69. The molecule has 0 aliphatic rings. The number of amides is 1. The number of anilines is 1. The number of carboxylic acid groups (broad SMARTS) is 1. The summed E-state index contributed by atoms with van der Waals surface area (Å²) in [6.07, 6.45) is 2.97. The van der Waals surface area contributed by atoms with Gasteiger partial charge in [0.2, 0.25) is 0 Å². The van der Waals surface area contributed by atoms with Crippen molar-refractivity contribution < 1.29 is 14.7 Å². The van der Waals surface area contributed by atoms with E-state index in [4.69, 9.17) is 5.11 Å². The van der Waals surface area contributed by atoms with Gasteiger partial charge in [0, 0.05) is 33.0 Å². The Balaban J connectivity index is 2.71. The van der Waals surface area contributed by atoms with Gasteiger partial charge in [-0.3, -0.25) is 14.6 Å². The van der Waals surface area contributed by atoms with Crippen LogP contribution in [0.25, 0.3) is 0 Å². The number of nitrogens with one attached hydrogen (secondary N) is 1. The zero-order valence-corrected chi connectivity index (χ0v) is 9.80. The maximum Gasteiger partial charge on any atom is 0.305 e. The number of nitrogens with zero attached hydrogens (tertiary/aromatic N) is 2. The molecule has 0 aliphatic carbocycles. The molecule has 0 saturated carbocycles. The predicted molar refractivity (Wildman–Crippen MR) is 63.2 cm³/mol. The molecule has 1 aromatic heterocycles. The van der Waals surface area contributed by atoms with E-state index >= 15 is 0 Å². The summed E-state index contributed by atoms with van der Waals surface area (Å²) < 4.78 is 0. The van der Waals surface area contributed by atoms with Gasteiger partial charge < -0.3 is 15.3 Å². The molecule has 0 aromatic carbocycles. The summed E-state index contributed by atoms with van der Waals surface area (Å²) in [4.78, 5) is 27.8. The Labute approximate surface area is 99.3 Å². The lowest BCUT2D eigenvalue weighted by Crippen LogP contribution is -2.28. The number of aromatic nitrogens is 1. The van der Waals surface area contributed by atoms with Gasteiger partial charge in [-0.1, -0.05) is 0 Å². The predicted octanol–water partition coefficient (Wildman–Crippen LogP) is 0.352. The summed E-state index contributed by atoms with van der Waals surface area (Å²) in [7, 11) is 3.65. The van der Waals surface area contributed by atoms with E-state index in [-0.39, 0.29) is 18.9 Å². The fourth-order valence-electron chi connectivity index (χ4n) is 1.33. The molecule has 0 spiro atoms. The third-order valence-corrected chi connectivity index (χ3v) is 2.15. The fraction of sp³-hybridized carbons (Fsp3) is 0.364. The van der Waals surface area contributed by atoms with E-state index in [1.807, 2.05) is 14.1 Å². The molecule has 92 valence electrons. The highest BCUT2D eigenvalue weighted by Gasteiger charge is 2.12. The second kappa shape index (κ2) is 5.83. The van der Waals surface area contributed by atoms with E-state index in [1.165, 1.54) is 6.20 Å². The van der Waals surface area contributed by atoms with Crippen LogP contribution < -0.4 is 10.2 Å². The first-order chi connectivity index (χ1) is 8.02. The zero-order chi connectivity index (χ0) is 12.8. The number of rotatable bonds is 5. The summed E-state index contributed by atoms with van der Waals surface area (Å²) in [5.74, 6) is -1.26. The number of hydrogen-bond acceptors (Lipinski definition) is 4. The molecule has 1 heterocycles. The molecule has 6 heteroatoms. The van der Waals surface area contributed by atoms with Gasteiger partial charge in [-0.15, -0.1) is 0 Å². The number of carbonyl (C=O) groups excluding carboxylic acids is 1. The first-order valence-electron chi connectivity index (χ1n) is 5.13. The quantitative estimate of drug-likeness (QED) is 0.772. The summed E-state index contributed by atoms with van der Waals surface area (Å²) in [5, 5.41) is 11.0. The van der Waals surface area contributed by atoms with Crippen molar-refractivity contribution in [2.45, 2.75) is 6.42 Å². The van der Waals surface area contributed by atoms with Gasteiger partial charge in [0.25, 0.3) is 5.91 Å². The number of carboxylic acids is 1. The molecule has 0 atom stereocenters. The van der Waals surface area contributed by atoms with Crippen molar-refractivity contribution in [2.75, 3.05) is 25.5 Å². The molecule has 0 unspecified atom stereocenters. The number of hydrogen-bond donors (Lipinski definition) is 2. The van der Waals surface area contributed by atoms with Gasteiger partial charge in [0.15, 0.2) is 0 Å². The summed E-state index contributed by atoms with van der Waals surface area (Å²) in [6, 6.07) is 1.73. The molecule has 0 radical (unpaired) electrons. The highest BCUT2D eigenvalue weighted by Crippen LogP contribution is 2.16. The van der Waals surface area contributed by atoms with Gasteiger partial charge in [-0.2, -0.15) is 0 Å². The van der Waals surface area contributed by atoms with Crippen LogP contribution in [0.4, 0.5) is 5.69 Å². The van der Waals surface area contributed by atoms with Crippen LogP contribution in [0.15, 0.2) is 18.5 Å². The lowest BCUT2D eigenvalue weighted by molar-refractivity contribution is -0.136. The number of carbonyl (C=O) groups is 2. The molecule has 0 saturated heterocycles. The minimum absolute atomic E-state index is 0.0939. The molecule has 2 N–H and O–H groups in total. The van der Waals surface area contributed by atoms with E-state index in [0.717, 1.165) is 5.69 Å². The smallest absolute Gasteiger partial charge is 0.305 e. The SMILES string of the molecule is CN(C)c1ccncc1C(=O)NCCC(=O)O. The Hall–Kier alpha value is -2.11. The Morgan fingerprint density at radius 2 is 2.18 bits per heavy atom. The molecule has 6 nitrogen and oxygen atoms in total. The van der Waals surface area contributed by atoms with Gasteiger partial charge in [-0.05, 0) is 6.07 Å². The van der Waals surface area contributed by atoms with E-state index in [9.17, 15) is 9.59 Å². The monoisotopic (exact) mass is 237 g/mol. The van der Waals surface area contributed by atoms with Crippen LogP contribution in [0.5, 0.6) is 0 Å². The number of pyridine rings is 1. The van der Waals surface area contributed by atoms with Crippen molar-refractivity contribution in [2.24, 2.45) is 0 Å². The highest BCUT2D eigenvalue weighted by molar-refractivity contribution is 5.99. The van der Waals surface area contributed by atoms with Crippen LogP contribution >= 0.6 is 0 Å².